The monoisotopic (exact) mass is 404 g/mol. The van der Waals surface area contributed by atoms with Gasteiger partial charge in [0.1, 0.15) is 0 Å². The molecule has 0 fully saturated rings. The van der Waals surface area contributed by atoms with Crippen LogP contribution in [0, 0.1) is 13.8 Å². The van der Waals surface area contributed by atoms with E-state index < -0.39 is 0 Å². The molecule has 5 rings (SSSR count). The van der Waals surface area contributed by atoms with Gasteiger partial charge in [0.15, 0.2) is 0 Å². The minimum Gasteiger partial charge on any atom is -0.361 e. The third-order valence-electron chi connectivity index (χ3n) is 5.30. The largest absolute Gasteiger partial charge is 0.361 e. The fourth-order valence-corrected chi connectivity index (χ4v) is 4.15. The van der Waals surface area contributed by atoms with Crippen molar-refractivity contribution in [2.24, 2.45) is 0 Å². The summed E-state index contributed by atoms with van der Waals surface area (Å²) in [6.45, 7) is 4.54. The van der Waals surface area contributed by atoms with Crippen LogP contribution < -0.4 is 5.56 Å². The number of H-pyrrole nitrogens is 1. The Morgan fingerprint density at radius 1 is 1.17 bits per heavy atom. The Balaban J connectivity index is 1.56. The number of thioether (sulfide) groups is 1. The number of aromatic amines is 1. The number of pyridine rings is 1. The van der Waals surface area contributed by atoms with Crippen LogP contribution in [-0.4, -0.2) is 35.4 Å². The van der Waals surface area contributed by atoms with E-state index in [0.29, 0.717) is 28.6 Å². The maximum atomic E-state index is 13.2. The van der Waals surface area contributed by atoms with Crippen molar-refractivity contribution in [1.82, 2.24) is 29.1 Å². The van der Waals surface area contributed by atoms with Gasteiger partial charge >= 0.3 is 0 Å². The standard InChI is InChI=1S/C21H20N6OS/c1-12-4-5-16-15(10-12)14(11-22-16)6-8-26-9-7-17-18(19(26)28)13(2)23-20-24-21(29-3)25-27(17)20/h4-5,7,9-11,22H,6,8H2,1-3H3. The van der Waals surface area contributed by atoms with Gasteiger partial charge in [-0.3, -0.25) is 4.79 Å². The Morgan fingerprint density at radius 2 is 2.03 bits per heavy atom. The first-order valence-corrected chi connectivity index (χ1v) is 10.6. The van der Waals surface area contributed by atoms with E-state index in [-0.39, 0.29) is 5.56 Å². The Hall–Kier alpha value is -3.13. The van der Waals surface area contributed by atoms with Crippen LogP contribution in [0.15, 0.2) is 46.6 Å². The van der Waals surface area contributed by atoms with E-state index in [1.807, 2.05) is 31.6 Å². The topological polar surface area (TPSA) is 80.9 Å². The molecule has 0 bridgehead atoms. The van der Waals surface area contributed by atoms with Crippen molar-refractivity contribution in [3.63, 3.8) is 0 Å². The number of hydrogen-bond donors (Lipinski definition) is 1. The zero-order valence-corrected chi connectivity index (χ0v) is 17.2. The lowest BCUT2D eigenvalue weighted by Crippen LogP contribution is -2.22. The number of aryl methyl sites for hydroxylation is 4. The number of benzene rings is 1. The summed E-state index contributed by atoms with van der Waals surface area (Å²) >= 11 is 1.46. The lowest BCUT2D eigenvalue weighted by atomic mass is 10.1. The van der Waals surface area contributed by atoms with Crippen LogP contribution in [0.5, 0.6) is 0 Å². The molecule has 1 aromatic carbocycles. The van der Waals surface area contributed by atoms with E-state index in [0.717, 1.165) is 17.5 Å². The highest BCUT2D eigenvalue weighted by Crippen LogP contribution is 2.21. The van der Waals surface area contributed by atoms with E-state index in [2.05, 4.69) is 45.2 Å². The molecule has 0 atom stereocenters. The maximum Gasteiger partial charge on any atom is 0.261 e. The Labute approximate surface area is 170 Å². The predicted octanol–water partition coefficient (Wildman–Crippen LogP) is 3.50. The average Bonchev–Trinajstić information content (AvgIpc) is 3.30. The molecule has 0 aliphatic carbocycles. The molecule has 5 aromatic rings. The molecule has 0 aliphatic rings. The minimum atomic E-state index is -0.0494. The molecule has 0 radical (unpaired) electrons. The zero-order valence-electron chi connectivity index (χ0n) is 16.4. The number of nitrogens with one attached hydrogen (secondary N) is 1. The molecule has 0 saturated heterocycles. The molecule has 29 heavy (non-hydrogen) atoms. The molecule has 0 saturated carbocycles. The van der Waals surface area contributed by atoms with Crippen LogP contribution in [0.3, 0.4) is 0 Å². The Bertz CT molecular complexity index is 1440. The number of fused-ring (bicyclic) bond motifs is 4. The van der Waals surface area contributed by atoms with Crippen LogP contribution >= 0.6 is 11.8 Å². The van der Waals surface area contributed by atoms with Gasteiger partial charge in [-0.15, -0.1) is 5.10 Å². The van der Waals surface area contributed by atoms with Crippen LogP contribution in [0.4, 0.5) is 0 Å². The first kappa shape index (κ1) is 17.9. The van der Waals surface area contributed by atoms with Gasteiger partial charge in [-0.25, -0.2) is 4.98 Å². The summed E-state index contributed by atoms with van der Waals surface area (Å²) in [6.07, 6.45) is 6.56. The molecular formula is C21H20N6OS. The molecule has 0 spiro atoms. The van der Waals surface area contributed by atoms with Gasteiger partial charge in [-0.05, 0) is 50.3 Å². The number of rotatable bonds is 4. The van der Waals surface area contributed by atoms with E-state index in [4.69, 9.17) is 0 Å². The van der Waals surface area contributed by atoms with Crippen LogP contribution in [0.25, 0.3) is 27.6 Å². The highest BCUT2D eigenvalue weighted by molar-refractivity contribution is 7.98. The summed E-state index contributed by atoms with van der Waals surface area (Å²) in [5, 5.41) is 6.90. The fourth-order valence-electron chi connectivity index (χ4n) is 3.81. The molecule has 1 N–H and O–H groups in total. The van der Waals surface area contributed by atoms with Crippen molar-refractivity contribution in [2.75, 3.05) is 6.26 Å². The van der Waals surface area contributed by atoms with Crippen LogP contribution in [0.2, 0.25) is 0 Å². The minimum absolute atomic E-state index is 0.0494. The molecule has 0 amide bonds. The zero-order chi connectivity index (χ0) is 20.1. The van der Waals surface area contributed by atoms with Gasteiger partial charge in [-0.2, -0.15) is 9.50 Å². The highest BCUT2D eigenvalue weighted by atomic mass is 32.2. The first-order valence-electron chi connectivity index (χ1n) is 9.42. The van der Waals surface area contributed by atoms with Crippen LogP contribution in [0.1, 0.15) is 16.8 Å². The molecule has 4 heterocycles. The van der Waals surface area contributed by atoms with Gasteiger partial charge in [0.2, 0.25) is 5.16 Å². The van der Waals surface area contributed by atoms with Crippen molar-refractivity contribution in [3.05, 3.63) is 63.8 Å². The Kier molecular flexibility index (Phi) is 4.16. The Morgan fingerprint density at radius 3 is 2.86 bits per heavy atom. The summed E-state index contributed by atoms with van der Waals surface area (Å²) < 4.78 is 3.41. The van der Waals surface area contributed by atoms with E-state index in [1.54, 1.807) is 9.08 Å². The number of aromatic nitrogens is 6. The normalized spacial score (nSPS) is 11.8. The van der Waals surface area contributed by atoms with Crippen molar-refractivity contribution in [3.8, 4) is 0 Å². The smallest absolute Gasteiger partial charge is 0.261 e. The molecular weight excluding hydrogens is 384 g/mol. The predicted molar refractivity (Wildman–Crippen MR) is 116 cm³/mol. The van der Waals surface area contributed by atoms with E-state index in [1.165, 1.54) is 28.3 Å². The molecule has 0 unspecified atom stereocenters. The van der Waals surface area contributed by atoms with Crippen molar-refractivity contribution in [2.45, 2.75) is 32.0 Å². The fraction of sp³-hybridized carbons (Fsp3) is 0.238. The summed E-state index contributed by atoms with van der Waals surface area (Å²) in [5.41, 5.74) is 4.92. The maximum absolute atomic E-state index is 13.2. The number of nitrogens with zero attached hydrogens (tertiary/aromatic N) is 5. The summed E-state index contributed by atoms with van der Waals surface area (Å²) in [7, 11) is 0. The summed E-state index contributed by atoms with van der Waals surface area (Å²) in [5.74, 6) is 0.519. The van der Waals surface area contributed by atoms with Crippen LogP contribution in [-0.2, 0) is 13.0 Å². The molecule has 7 nitrogen and oxygen atoms in total. The summed E-state index contributed by atoms with van der Waals surface area (Å²) in [6, 6.07) is 8.30. The van der Waals surface area contributed by atoms with Gasteiger partial charge in [0, 0.05) is 29.8 Å². The van der Waals surface area contributed by atoms with E-state index >= 15 is 0 Å². The molecule has 146 valence electrons. The number of hydrogen-bond acceptors (Lipinski definition) is 5. The van der Waals surface area contributed by atoms with E-state index in [9.17, 15) is 4.79 Å². The summed E-state index contributed by atoms with van der Waals surface area (Å²) in [4.78, 5) is 25.4. The highest BCUT2D eigenvalue weighted by Gasteiger charge is 2.14. The van der Waals surface area contributed by atoms with Gasteiger partial charge in [0.05, 0.1) is 16.6 Å². The molecule has 8 heteroatoms. The van der Waals surface area contributed by atoms with Gasteiger partial charge < -0.3 is 9.55 Å². The van der Waals surface area contributed by atoms with Crippen molar-refractivity contribution in [1.29, 1.82) is 0 Å². The second-order valence-electron chi connectivity index (χ2n) is 7.19. The lowest BCUT2D eigenvalue weighted by Gasteiger charge is -2.09. The lowest BCUT2D eigenvalue weighted by molar-refractivity contribution is 0.675. The van der Waals surface area contributed by atoms with Crippen molar-refractivity contribution >= 4 is 39.3 Å². The molecule has 0 aliphatic heterocycles. The van der Waals surface area contributed by atoms with Crippen molar-refractivity contribution < 1.29 is 0 Å². The van der Waals surface area contributed by atoms with Gasteiger partial charge in [0.25, 0.3) is 11.3 Å². The average molecular weight is 404 g/mol. The first-order chi connectivity index (χ1) is 14.0. The third kappa shape index (κ3) is 2.91. The molecule has 4 aromatic heterocycles. The SMILES string of the molecule is CSc1nc2nc(C)c3c(=O)n(CCc4c[nH]c5ccc(C)cc45)ccc3n2n1. The second kappa shape index (κ2) is 6.73. The van der Waals surface area contributed by atoms with Gasteiger partial charge in [-0.1, -0.05) is 23.4 Å². The second-order valence-corrected chi connectivity index (χ2v) is 7.97. The quantitative estimate of drug-likeness (QED) is 0.464. The third-order valence-corrected chi connectivity index (χ3v) is 5.84.